The molecule has 1 fully saturated rings. The maximum Gasteiger partial charge on any atom is 0.136 e. The van der Waals surface area contributed by atoms with Crippen LogP contribution in [0.1, 0.15) is 33.8 Å². The Bertz CT molecular complexity index is 1090. The quantitative estimate of drug-likeness (QED) is 0.551. The third-order valence-corrected chi connectivity index (χ3v) is 6.47. The number of para-hydroxylation sites is 1. The second kappa shape index (κ2) is 11.0. The largest absolute Gasteiger partial charge is 0.491 e. The van der Waals surface area contributed by atoms with Gasteiger partial charge < -0.3 is 14.7 Å². The van der Waals surface area contributed by atoms with Crippen molar-refractivity contribution in [2.24, 2.45) is 0 Å². The van der Waals surface area contributed by atoms with Gasteiger partial charge in [-0.3, -0.25) is 4.90 Å². The summed E-state index contributed by atoms with van der Waals surface area (Å²) in [5, 5.41) is 10.5. The Labute approximate surface area is 203 Å². The molecule has 2 aromatic carbocycles. The lowest BCUT2D eigenvalue weighted by molar-refractivity contribution is 0.0660. The number of β-amino-alcohol motifs (C(OH)–C–C–N with tert-alkyl or cyclic N) is 1. The van der Waals surface area contributed by atoms with Gasteiger partial charge in [0.1, 0.15) is 30.1 Å². The van der Waals surface area contributed by atoms with E-state index in [0.717, 1.165) is 61.2 Å². The summed E-state index contributed by atoms with van der Waals surface area (Å²) in [6.45, 7) is 12.6. The Morgan fingerprint density at radius 1 is 0.912 bits per heavy atom. The van der Waals surface area contributed by atoms with Crippen molar-refractivity contribution in [2.45, 2.75) is 40.2 Å². The van der Waals surface area contributed by atoms with Crippen LogP contribution < -0.4 is 9.64 Å². The van der Waals surface area contributed by atoms with Crippen LogP contribution in [-0.4, -0.2) is 65.4 Å². The van der Waals surface area contributed by atoms with Gasteiger partial charge in [0.05, 0.1) is 0 Å². The van der Waals surface area contributed by atoms with Gasteiger partial charge in [-0.25, -0.2) is 9.97 Å². The highest BCUT2D eigenvalue weighted by Gasteiger charge is 2.24. The zero-order valence-corrected chi connectivity index (χ0v) is 20.8. The summed E-state index contributed by atoms with van der Waals surface area (Å²) < 4.78 is 5.83. The van der Waals surface area contributed by atoms with Crippen LogP contribution in [0, 0.1) is 27.7 Å². The van der Waals surface area contributed by atoms with Crippen LogP contribution >= 0.6 is 0 Å². The van der Waals surface area contributed by atoms with E-state index in [0.29, 0.717) is 13.2 Å². The molecule has 0 saturated carbocycles. The van der Waals surface area contributed by atoms with Crippen LogP contribution in [0.25, 0.3) is 0 Å². The number of aromatic nitrogens is 2. The van der Waals surface area contributed by atoms with Crippen molar-refractivity contribution >= 4 is 5.82 Å². The van der Waals surface area contributed by atoms with E-state index in [1.165, 1.54) is 16.7 Å². The number of benzene rings is 2. The van der Waals surface area contributed by atoms with Crippen molar-refractivity contribution in [3.63, 3.8) is 0 Å². The number of aliphatic hydroxyl groups excluding tert-OH is 1. The van der Waals surface area contributed by atoms with Gasteiger partial charge in [-0.15, -0.1) is 0 Å². The standard InChI is InChI=1S/C28H36N4O2/c1-20-9-11-24(12-10-20)17-26-22(3)29-23(4)30-28(26)32-15-13-31(14-16-32)18-25(33)19-34-27-8-6-5-7-21(27)2/h5-12,25,33H,13-19H2,1-4H3/t25-/m0/s1. The summed E-state index contributed by atoms with van der Waals surface area (Å²) in [6, 6.07) is 16.6. The predicted molar refractivity (Wildman–Crippen MR) is 137 cm³/mol. The number of nitrogens with zero attached hydrogens (tertiary/aromatic N) is 4. The maximum atomic E-state index is 10.5. The number of rotatable bonds is 8. The van der Waals surface area contributed by atoms with Gasteiger partial charge in [-0.2, -0.15) is 0 Å². The predicted octanol–water partition coefficient (Wildman–Crippen LogP) is 3.86. The molecule has 6 heteroatoms. The SMILES string of the molecule is Cc1ccc(Cc2c(C)nc(C)nc2N2CCN(C[C@H](O)COc3ccccc3C)CC2)cc1. The van der Waals surface area contributed by atoms with Gasteiger partial charge in [-0.1, -0.05) is 48.0 Å². The molecule has 0 amide bonds. The average molecular weight is 461 g/mol. The highest BCUT2D eigenvalue weighted by molar-refractivity contribution is 5.51. The maximum absolute atomic E-state index is 10.5. The average Bonchev–Trinajstić information content (AvgIpc) is 2.82. The minimum absolute atomic E-state index is 0.302. The molecule has 0 unspecified atom stereocenters. The molecule has 2 heterocycles. The Kier molecular flexibility index (Phi) is 7.80. The van der Waals surface area contributed by atoms with Crippen molar-refractivity contribution in [3.8, 4) is 5.75 Å². The summed E-state index contributed by atoms with van der Waals surface area (Å²) in [5.41, 5.74) is 5.88. The van der Waals surface area contributed by atoms with Gasteiger partial charge in [0.2, 0.25) is 0 Å². The Morgan fingerprint density at radius 3 is 2.32 bits per heavy atom. The first-order valence-corrected chi connectivity index (χ1v) is 12.1. The third-order valence-electron chi connectivity index (χ3n) is 6.47. The lowest BCUT2D eigenvalue weighted by Crippen LogP contribution is -2.49. The molecular formula is C28H36N4O2. The van der Waals surface area contributed by atoms with Crippen molar-refractivity contribution < 1.29 is 9.84 Å². The van der Waals surface area contributed by atoms with Gasteiger partial charge in [-0.05, 0) is 44.9 Å². The molecule has 1 saturated heterocycles. The van der Waals surface area contributed by atoms with Crippen LogP contribution in [0.3, 0.4) is 0 Å². The van der Waals surface area contributed by atoms with E-state index in [-0.39, 0.29) is 0 Å². The van der Waals surface area contributed by atoms with E-state index in [4.69, 9.17) is 9.72 Å². The molecule has 0 bridgehead atoms. The molecule has 6 nitrogen and oxygen atoms in total. The van der Waals surface area contributed by atoms with Crippen LogP contribution in [0.5, 0.6) is 5.75 Å². The molecule has 0 radical (unpaired) electrons. The van der Waals surface area contributed by atoms with Crippen molar-refractivity contribution in [2.75, 3.05) is 44.2 Å². The molecule has 34 heavy (non-hydrogen) atoms. The number of anilines is 1. The molecule has 1 atom stereocenters. The van der Waals surface area contributed by atoms with E-state index in [2.05, 4.69) is 52.9 Å². The molecule has 0 aliphatic carbocycles. The van der Waals surface area contributed by atoms with Crippen LogP contribution in [-0.2, 0) is 6.42 Å². The highest BCUT2D eigenvalue weighted by atomic mass is 16.5. The van der Waals surface area contributed by atoms with Gasteiger partial charge in [0.15, 0.2) is 0 Å². The first-order chi connectivity index (χ1) is 16.4. The first kappa shape index (κ1) is 24.2. The summed E-state index contributed by atoms with van der Waals surface area (Å²) >= 11 is 0. The molecule has 4 rings (SSSR count). The molecule has 1 aliphatic rings. The van der Waals surface area contributed by atoms with Gasteiger partial charge >= 0.3 is 0 Å². The summed E-state index contributed by atoms with van der Waals surface area (Å²) in [6.07, 6.45) is 0.309. The van der Waals surface area contributed by atoms with E-state index in [1.54, 1.807) is 0 Å². The fourth-order valence-electron chi connectivity index (χ4n) is 4.49. The number of ether oxygens (including phenoxy) is 1. The minimum Gasteiger partial charge on any atom is -0.491 e. The molecule has 1 aromatic heterocycles. The van der Waals surface area contributed by atoms with Crippen LogP contribution in [0.4, 0.5) is 5.82 Å². The number of aliphatic hydroxyl groups is 1. The van der Waals surface area contributed by atoms with E-state index < -0.39 is 6.10 Å². The fourth-order valence-corrected chi connectivity index (χ4v) is 4.49. The molecule has 1 aliphatic heterocycles. The fraction of sp³-hybridized carbons (Fsp3) is 0.429. The Hall–Kier alpha value is -2.96. The van der Waals surface area contributed by atoms with Gasteiger partial charge in [0, 0.05) is 50.4 Å². The van der Waals surface area contributed by atoms with Crippen molar-refractivity contribution in [1.29, 1.82) is 0 Å². The number of aryl methyl sites for hydroxylation is 4. The topological polar surface area (TPSA) is 61.7 Å². The lowest BCUT2D eigenvalue weighted by atomic mass is 10.0. The van der Waals surface area contributed by atoms with Crippen molar-refractivity contribution in [3.05, 3.63) is 82.3 Å². The Balaban J connectivity index is 1.36. The molecule has 3 aromatic rings. The minimum atomic E-state index is -0.521. The number of hydrogen-bond acceptors (Lipinski definition) is 6. The lowest BCUT2D eigenvalue weighted by Gasteiger charge is -2.37. The van der Waals surface area contributed by atoms with Crippen molar-refractivity contribution in [1.82, 2.24) is 14.9 Å². The zero-order valence-electron chi connectivity index (χ0n) is 20.8. The van der Waals surface area contributed by atoms with Crippen LogP contribution in [0.15, 0.2) is 48.5 Å². The van der Waals surface area contributed by atoms with E-state index in [1.807, 2.05) is 38.1 Å². The number of hydrogen-bond donors (Lipinski definition) is 1. The Morgan fingerprint density at radius 2 is 1.62 bits per heavy atom. The molecule has 1 N–H and O–H groups in total. The normalized spacial score (nSPS) is 15.4. The smallest absolute Gasteiger partial charge is 0.136 e. The molecule has 0 spiro atoms. The summed E-state index contributed by atoms with van der Waals surface area (Å²) in [4.78, 5) is 14.2. The van der Waals surface area contributed by atoms with Gasteiger partial charge in [0.25, 0.3) is 0 Å². The van der Waals surface area contributed by atoms with E-state index >= 15 is 0 Å². The molecular weight excluding hydrogens is 424 g/mol. The first-order valence-electron chi connectivity index (χ1n) is 12.1. The number of piperazine rings is 1. The van der Waals surface area contributed by atoms with Crippen LogP contribution in [0.2, 0.25) is 0 Å². The van der Waals surface area contributed by atoms with E-state index in [9.17, 15) is 5.11 Å². The molecule has 180 valence electrons. The third kappa shape index (κ3) is 6.13. The monoisotopic (exact) mass is 460 g/mol. The highest BCUT2D eigenvalue weighted by Crippen LogP contribution is 2.25. The second-order valence-corrected chi connectivity index (χ2v) is 9.34. The summed E-state index contributed by atoms with van der Waals surface area (Å²) in [5.74, 6) is 2.70. The zero-order chi connectivity index (χ0) is 24.1. The summed E-state index contributed by atoms with van der Waals surface area (Å²) in [7, 11) is 0. The second-order valence-electron chi connectivity index (χ2n) is 9.34.